The van der Waals surface area contributed by atoms with Crippen LogP contribution in [0.1, 0.15) is 34.1 Å². The molecule has 0 unspecified atom stereocenters. The molecule has 0 bridgehead atoms. The molecule has 4 aromatic carbocycles. The zero-order chi connectivity index (χ0) is 31.7. The van der Waals surface area contributed by atoms with Crippen molar-refractivity contribution >= 4 is 37.5 Å². The number of hydrogen-bond donors (Lipinski definition) is 0. The van der Waals surface area contributed by atoms with Crippen molar-refractivity contribution in [3.8, 4) is 0 Å². The molecule has 3 atom stereocenters. The Kier molecular flexibility index (Phi) is 11.9. The van der Waals surface area contributed by atoms with Crippen molar-refractivity contribution in [2.24, 2.45) is 0 Å². The lowest BCUT2D eigenvalue weighted by Crippen LogP contribution is -2.44. The Morgan fingerprint density at radius 3 is 1.51 bits per heavy atom. The van der Waals surface area contributed by atoms with Gasteiger partial charge in [0.05, 0.1) is 35.6 Å². The Balaban J connectivity index is 1.56. The lowest BCUT2D eigenvalue weighted by atomic mass is 10.1. The van der Waals surface area contributed by atoms with E-state index in [9.17, 15) is 0 Å². The topological polar surface area (TPSA) is 55.4 Å². The summed E-state index contributed by atoms with van der Waals surface area (Å²) in [5, 5.41) is 4.48. The molecule has 0 spiro atoms. The predicted octanol–water partition coefficient (Wildman–Crippen LogP) is 6.79. The van der Waals surface area contributed by atoms with Crippen molar-refractivity contribution in [2.75, 3.05) is 20.3 Å². The van der Waals surface area contributed by atoms with Gasteiger partial charge in [-0.2, -0.15) is 0 Å². The minimum absolute atomic E-state index is 0.360. The van der Waals surface area contributed by atoms with E-state index in [1.807, 2.05) is 52.0 Å². The van der Waals surface area contributed by atoms with Crippen LogP contribution in [0.4, 0.5) is 0 Å². The minimum Gasteiger partial charge on any atom is -0.354 e. The van der Waals surface area contributed by atoms with E-state index in [4.69, 9.17) is 28.0 Å². The lowest BCUT2D eigenvalue weighted by molar-refractivity contribution is -0.201. The van der Waals surface area contributed by atoms with E-state index >= 15 is 0 Å². The highest BCUT2D eigenvalue weighted by molar-refractivity contribution is 7.69. The zero-order valence-corrected chi connectivity index (χ0v) is 28.5. The van der Waals surface area contributed by atoms with Crippen LogP contribution in [0.5, 0.6) is 0 Å². The molecule has 5 rings (SSSR count). The highest BCUT2D eigenvalue weighted by Crippen LogP contribution is 2.45. The Hall–Kier alpha value is -2.50. The number of methoxy groups -OCH3 is 1. The maximum Gasteiger partial charge on any atom is 0.163 e. The average molecular weight is 647 g/mol. The van der Waals surface area contributed by atoms with Crippen LogP contribution in [-0.2, 0) is 28.0 Å². The second kappa shape index (κ2) is 15.9. The van der Waals surface area contributed by atoms with Crippen molar-refractivity contribution in [2.45, 2.75) is 64.0 Å². The van der Waals surface area contributed by atoms with Gasteiger partial charge in [0.1, 0.15) is 12.2 Å². The van der Waals surface area contributed by atoms with E-state index in [1.54, 1.807) is 7.11 Å². The summed E-state index contributed by atoms with van der Waals surface area (Å²) in [4.78, 5) is 0. The van der Waals surface area contributed by atoms with Gasteiger partial charge in [-0.25, -0.2) is 0 Å². The predicted molar refractivity (Wildman–Crippen MR) is 184 cm³/mol. The summed E-state index contributed by atoms with van der Waals surface area (Å²) in [6, 6.07) is 41.7. The molecule has 6 nitrogen and oxygen atoms in total. The molecule has 238 valence electrons. The number of ether oxygens (including phenoxy) is 4. The first-order valence-corrected chi connectivity index (χ1v) is 17.9. The largest absolute Gasteiger partial charge is 0.354 e. The van der Waals surface area contributed by atoms with E-state index < -0.39 is 40.1 Å². The monoisotopic (exact) mass is 646 g/mol. The van der Waals surface area contributed by atoms with Crippen molar-refractivity contribution in [3.63, 3.8) is 0 Å². The summed E-state index contributed by atoms with van der Waals surface area (Å²) >= 11 is 0. The molecule has 0 N–H and O–H groups in total. The summed E-state index contributed by atoms with van der Waals surface area (Å²) in [5.74, 6) is -1.47. The molecular weight excluding hydrogens is 602 g/mol. The van der Waals surface area contributed by atoms with Crippen LogP contribution in [0.25, 0.3) is 0 Å². The third kappa shape index (κ3) is 9.51. The normalized spacial score (nSPS) is 17.9. The van der Waals surface area contributed by atoms with Crippen molar-refractivity contribution in [1.29, 1.82) is 0 Å². The van der Waals surface area contributed by atoms with Gasteiger partial charge in [-0.15, -0.1) is 0 Å². The van der Waals surface area contributed by atoms with Gasteiger partial charge in [-0.1, -0.05) is 121 Å². The first kappa shape index (κ1) is 33.9. The molecule has 1 heterocycles. The van der Waals surface area contributed by atoms with Gasteiger partial charge < -0.3 is 28.0 Å². The van der Waals surface area contributed by atoms with E-state index in [2.05, 4.69) is 97.1 Å². The fourth-order valence-electron chi connectivity index (χ4n) is 5.06. The molecule has 0 saturated carbocycles. The second-order valence-electron chi connectivity index (χ2n) is 11.8. The van der Waals surface area contributed by atoms with E-state index in [-0.39, 0.29) is 6.10 Å². The third-order valence-electron chi connectivity index (χ3n) is 7.54. The number of rotatable bonds is 15. The average Bonchev–Trinajstić information content (AvgIpc) is 3.44. The summed E-state index contributed by atoms with van der Waals surface area (Å²) < 4.78 is 39.1. The van der Waals surface area contributed by atoms with Crippen LogP contribution < -0.4 is 21.2 Å². The van der Waals surface area contributed by atoms with Gasteiger partial charge in [0.2, 0.25) is 0 Å². The van der Waals surface area contributed by atoms with Crippen molar-refractivity contribution in [3.05, 3.63) is 121 Å². The zero-order valence-electron chi connectivity index (χ0n) is 26.7. The highest BCUT2D eigenvalue weighted by Gasteiger charge is 2.44. The fraction of sp³-hybridized carbons (Fsp3) is 0.351. The van der Waals surface area contributed by atoms with Crippen LogP contribution >= 0.6 is 16.3 Å². The van der Waals surface area contributed by atoms with Crippen LogP contribution in [0, 0.1) is 0 Å². The molecule has 0 aliphatic carbocycles. The second-order valence-corrected chi connectivity index (χ2v) is 15.4. The highest BCUT2D eigenvalue weighted by atomic mass is 31.1. The van der Waals surface area contributed by atoms with Gasteiger partial charge in [0.25, 0.3) is 0 Å². The van der Waals surface area contributed by atoms with Crippen molar-refractivity contribution in [1.82, 2.24) is 0 Å². The van der Waals surface area contributed by atoms with E-state index in [0.29, 0.717) is 19.6 Å². The Labute approximate surface area is 270 Å². The van der Waals surface area contributed by atoms with Gasteiger partial charge >= 0.3 is 0 Å². The molecule has 1 saturated heterocycles. The summed E-state index contributed by atoms with van der Waals surface area (Å²) in [5.41, 5.74) is 0. The first-order chi connectivity index (χ1) is 21.7. The molecule has 1 aliphatic rings. The molecule has 0 radical (unpaired) electrons. The van der Waals surface area contributed by atoms with Gasteiger partial charge in [-0.05, 0) is 27.7 Å². The molecule has 45 heavy (non-hydrogen) atoms. The van der Waals surface area contributed by atoms with E-state index in [1.165, 1.54) is 0 Å². The van der Waals surface area contributed by atoms with Gasteiger partial charge in [0.15, 0.2) is 11.6 Å². The van der Waals surface area contributed by atoms with Crippen LogP contribution in [0.15, 0.2) is 121 Å². The maximum absolute atomic E-state index is 7.30. The Morgan fingerprint density at radius 1 is 0.711 bits per heavy atom. The maximum atomic E-state index is 7.30. The molecule has 8 heteroatoms. The molecule has 4 aromatic rings. The van der Waals surface area contributed by atoms with Crippen LogP contribution in [0.2, 0.25) is 0 Å². The van der Waals surface area contributed by atoms with E-state index in [0.717, 1.165) is 21.2 Å². The number of hydrogen-bond acceptors (Lipinski definition) is 6. The van der Waals surface area contributed by atoms with Crippen LogP contribution in [-0.4, -0.2) is 50.2 Å². The summed E-state index contributed by atoms with van der Waals surface area (Å²) in [6.07, 6.45) is -0.668. The van der Waals surface area contributed by atoms with Crippen molar-refractivity contribution < 1.29 is 28.0 Å². The molecule has 0 amide bonds. The van der Waals surface area contributed by atoms with Crippen LogP contribution in [0.3, 0.4) is 0 Å². The minimum atomic E-state index is -1.22. The molecule has 1 fully saturated rings. The fourth-order valence-corrected chi connectivity index (χ4v) is 8.93. The first-order valence-electron chi connectivity index (χ1n) is 15.4. The quantitative estimate of drug-likeness (QED) is 0.105. The summed E-state index contributed by atoms with van der Waals surface area (Å²) in [6.45, 7) is 8.52. The standard InChI is InChI=1S/C37H44O6P2/c1-36(2,38-5)39-27-26-33(42-44(29-18-10-6-11-19-29)30-20-12-7-13-21-30)35(34-28-40-37(3,4)41-34)43-45(31-22-14-8-15-23-31)32-24-16-9-17-25-32/h6-25,33-35H,26-28H2,1-5H3/t33-,34-,35+/m1/s1. The summed E-state index contributed by atoms with van der Waals surface area (Å²) in [7, 11) is -0.761. The third-order valence-corrected chi connectivity index (χ3v) is 11.5. The van der Waals surface area contributed by atoms with Gasteiger partial charge in [-0.3, -0.25) is 0 Å². The Bertz CT molecular complexity index is 1340. The molecule has 0 aromatic heterocycles. The SMILES string of the molecule is COC(C)(C)OCC[C@@H](OP(c1ccccc1)c1ccccc1)[C@H](OP(c1ccccc1)c1ccccc1)[C@H]1COC(C)(C)O1. The smallest absolute Gasteiger partial charge is 0.163 e. The molecule has 1 aliphatic heterocycles. The Morgan fingerprint density at radius 2 is 1.13 bits per heavy atom. The number of benzene rings is 4. The molecular formula is C37H44O6P2. The van der Waals surface area contributed by atoms with Gasteiger partial charge in [0, 0.05) is 34.7 Å². The lowest BCUT2D eigenvalue weighted by Gasteiger charge is -2.36.